The van der Waals surface area contributed by atoms with Crippen molar-refractivity contribution in [3.05, 3.63) is 30.0 Å². The van der Waals surface area contributed by atoms with Crippen molar-refractivity contribution in [3.63, 3.8) is 0 Å². The summed E-state index contributed by atoms with van der Waals surface area (Å²) >= 11 is 1.30. The van der Waals surface area contributed by atoms with E-state index in [-0.39, 0.29) is 12.0 Å². The first-order valence-corrected chi connectivity index (χ1v) is 8.14. The van der Waals surface area contributed by atoms with E-state index >= 15 is 0 Å². The standard InChI is InChI=1S/C16H20FN3O2S/c1-9(2)11(4)22-16(21)20(5)15-10(3)19-14(23-15)12-6-13(17)8-18-7-12/h6-9,11H,1-5H3. The fourth-order valence-corrected chi connectivity index (χ4v) is 2.81. The second-order valence-corrected chi connectivity index (χ2v) is 6.67. The van der Waals surface area contributed by atoms with E-state index in [2.05, 4.69) is 9.97 Å². The molecule has 0 spiro atoms. The van der Waals surface area contributed by atoms with E-state index in [0.717, 1.165) is 6.20 Å². The lowest BCUT2D eigenvalue weighted by atomic mass is 10.1. The summed E-state index contributed by atoms with van der Waals surface area (Å²) in [5.41, 5.74) is 1.27. The molecular formula is C16H20FN3O2S. The van der Waals surface area contributed by atoms with E-state index in [1.165, 1.54) is 22.3 Å². The number of aromatic nitrogens is 2. The average molecular weight is 337 g/mol. The number of carbonyl (C=O) groups excluding carboxylic acids is 1. The van der Waals surface area contributed by atoms with Gasteiger partial charge >= 0.3 is 6.09 Å². The Labute approximate surface area is 139 Å². The molecular weight excluding hydrogens is 317 g/mol. The molecule has 2 aromatic heterocycles. The maximum atomic E-state index is 13.3. The second-order valence-electron chi connectivity index (χ2n) is 5.69. The zero-order valence-corrected chi connectivity index (χ0v) is 14.6. The number of halogens is 1. The molecule has 2 aromatic rings. The van der Waals surface area contributed by atoms with Crippen LogP contribution in [0.5, 0.6) is 0 Å². The van der Waals surface area contributed by atoms with Crippen LogP contribution < -0.4 is 4.90 Å². The molecule has 1 unspecified atom stereocenters. The average Bonchev–Trinajstić information content (AvgIpc) is 2.88. The lowest BCUT2D eigenvalue weighted by Gasteiger charge is -2.21. The minimum Gasteiger partial charge on any atom is -0.446 e. The first-order valence-electron chi connectivity index (χ1n) is 7.32. The van der Waals surface area contributed by atoms with E-state index in [9.17, 15) is 9.18 Å². The summed E-state index contributed by atoms with van der Waals surface area (Å²) in [5.74, 6) is -0.181. The quantitative estimate of drug-likeness (QED) is 0.836. The lowest BCUT2D eigenvalue weighted by molar-refractivity contribution is 0.0891. The van der Waals surface area contributed by atoms with E-state index in [1.54, 1.807) is 20.2 Å². The van der Waals surface area contributed by atoms with Gasteiger partial charge in [0.1, 0.15) is 21.9 Å². The van der Waals surface area contributed by atoms with E-state index < -0.39 is 11.9 Å². The van der Waals surface area contributed by atoms with Gasteiger partial charge in [-0.2, -0.15) is 0 Å². The minimum absolute atomic E-state index is 0.176. The molecule has 0 bridgehead atoms. The van der Waals surface area contributed by atoms with Crippen molar-refractivity contribution in [2.45, 2.75) is 33.8 Å². The number of aryl methyl sites for hydroxylation is 1. The summed E-state index contributed by atoms with van der Waals surface area (Å²) in [7, 11) is 1.64. The lowest BCUT2D eigenvalue weighted by Crippen LogP contribution is -2.31. The second kappa shape index (κ2) is 7.04. The first kappa shape index (κ1) is 17.3. The fourth-order valence-electron chi connectivity index (χ4n) is 1.81. The van der Waals surface area contributed by atoms with Crippen LogP contribution in [0, 0.1) is 18.7 Å². The first-order chi connectivity index (χ1) is 10.8. The van der Waals surface area contributed by atoms with Crippen LogP contribution in [0.25, 0.3) is 10.6 Å². The Hall–Kier alpha value is -2.02. The van der Waals surface area contributed by atoms with Crippen molar-refractivity contribution in [1.82, 2.24) is 9.97 Å². The molecule has 0 aliphatic carbocycles. The summed E-state index contributed by atoms with van der Waals surface area (Å²) < 4.78 is 18.7. The normalized spacial score (nSPS) is 12.3. The van der Waals surface area contributed by atoms with Crippen molar-refractivity contribution in [1.29, 1.82) is 0 Å². The number of nitrogens with zero attached hydrogens (tertiary/aromatic N) is 3. The van der Waals surface area contributed by atoms with Crippen LogP contribution in [-0.2, 0) is 4.74 Å². The number of hydrogen-bond acceptors (Lipinski definition) is 5. The molecule has 0 saturated carbocycles. The third-order valence-electron chi connectivity index (χ3n) is 3.53. The van der Waals surface area contributed by atoms with Crippen LogP contribution >= 0.6 is 11.3 Å². The zero-order valence-electron chi connectivity index (χ0n) is 13.8. The van der Waals surface area contributed by atoms with Crippen molar-refractivity contribution < 1.29 is 13.9 Å². The third-order valence-corrected chi connectivity index (χ3v) is 4.81. The fraction of sp³-hybridized carbons (Fsp3) is 0.438. The maximum Gasteiger partial charge on any atom is 0.414 e. The third kappa shape index (κ3) is 4.04. The Balaban J connectivity index is 2.22. The van der Waals surface area contributed by atoms with Crippen LogP contribution in [0.2, 0.25) is 0 Å². The van der Waals surface area contributed by atoms with Gasteiger partial charge < -0.3 is 4.74 Å². The Morgan fingerprint density at radius 1 is 1.35 bits per heavy atom. The van der Waals surface area contributed by atoms with Gasteiger partial charge in [0.15, 0.2) is 0 Å². The predicted molar refractivity (Wildman–Crippen MR) is 89.2 cm³/mol. The number of amides is 1. The Bertz CT molecular complexity index is 702. The Kier molecular flexibility index (Phi) is 5.30. The van der Waals surface area contributed by atoms with Crippen LogP contribution in [-0.4, -0.2) is 29.2 Å². The van der Waals surface area contributed by atoms with Gasteiger partial charge in [0.05, 0.1) is 11.9 Å². The molecule has 2 rings (SSSR count). The van der Waals surface area contributed by atoms with Crippen molar-refractivity contribution >= 4 is 22.4 Å². The summed E-state index contributed by atoms with van der Waals surface area (Å²) in [6.07, 6.45) is 2.08. The van der Waals surface area contributed by atoms with Crippen LogP contribution in [0.15, 0.2) is 18.5 Å². The highest BCUT2D eigenvalue weighted by molar-refractivity contribution is 7.19. The molecule has 7 heteroatoms. The van der Waals surface area contributed by atoms with Crippen LogP contribution in [0.1, 0.15) is 26.5 Å². The van der Waals surface area contributed by atoms with Gasteiger partial charge in [0.2, 0.25) is 0 Å². The molecule has 23 heavy (non-hydrogen) atoms. The summed E-state index contributed by atoms with van der Waals surface area (Å²) in [4.78, 5) is 21.9. The van der Waals surface area contributed by atoms with Crippen molar-refractivity contribution in [2.75, 3.05) is 11.9 Å². The Morgan fingerprint density at radius 2 is 2.04 bits per heavy atom. The molecule has 0 fully saturated rings. The molecule has 5 nitrogen and oxygen atoms in total. The largest absolute Gasteiger partial charge is 0.446 e. The van der Waals surface area contributed by atoms with Crippen molar-refractivity contribution in [3.8, 4) is 10.6 Å². The number of thiazole rings is 1. The predicted octanol–water partition coefficient (Wildman–Crippen LogP) is 4.27. The number of anilines is 1. The van der Waals surface area contributed by atoms with Crippen LogP contribution in [0.4, 0.5) is 14.2 Å². The van der Waals surface area contributed by atoms with E-state index in [1.807, 2.05) is 20.8 Å². The monoisotopic (exact) mass is 337 g/mol. The number of hydrogen-bond donors (Lipinski definition) is 0. The molecule has 124 valence electrons. The van der Waals surface area contributed by atoms with E-state index in [0.29, 0.717) is 21.3 Å². The topological polar surface area (TPSA) is 55.3 Å². The molecule has 0 aliphatic heterocycles. The van der Waals surface area contributed by atoms with Gasteiger partial charge in [-0.25, -0.2) is 14.2 Å². The highest BCUT2D eigenvalue weighted by atomic mass is 32.1. The molecule has 1 atom stereocenters. The molecule has 0 saturated heterocycles. The number of pyridine rings is 1. The highest BCUT2D eigenvalue weighted by Crippen LogP contribution is 2.34. The molecule has 2 heterocycles. The van der Waals surface area contributed by atoms with Gasteiger partial charge in [-0.3, -0.25) is 9.88 Å². The zero-order chi connectivity index (χ0) is 17.1. The Morgan fingerprint density at radius 3 is 2.65 bits per heavy atom. The number of rotatable bonds is 4. The van der Waals surface area contributed by atoms with Gasteiger partial charge in [0.25, 0.3) is 0 Å². The molecule has 0 radical (unpaired) electrons. The summed E-state index contributed by atoms with van der Waals surface area (Å²) in [5, 5.41) is 1.28. The van der Waals surface area contributed by atoms with Gasteiger partial charge in [-0.1, -0.05) is 25.2 Å². The minimum atomic E-state index is -0.429. The number of ether oxygens (including phenoxy) is 1. The molecule has 0 aliphatic rings. The smallest absolute Gasteiger partial charge is 0.414 e. The molecule has 1 amide bonds. The summed E-state index contributed by atoms with van der Waals surface area (Å²) in [6.45, 7) is 7.65. The molecule has 0 N–H and O–H groups in total. The summed E-state index contributed by atoms with van der Waals surface area (Å²) in [6, 6.07) is 1.37. The van der Waals surface area contributed by atoms with E-state index in [4.69, 9.17) is 4.74 Å². The highest BCUT2D eigenvalue weighted by Gasteiger charge is 2.22. The van der Waals surface area contributed by atoms with Gasteiger partial charge in [0, 0.05) is 18.8 Å². The van der Waals surface area contributed by atoms with Gasteiger partial charge in [-0.05, 0) is 25.8 Å². The molecule has 0 aromatic carbocycles. The van der Waals surface area contributed by atoms with Gasteiger partial charge in [-0.15, -0.1) is 0 Å². The van der Waals surface area contributed by atoms with Crippen molar-refractivity contribution in [2.24, 2.45) is 5.92 Å². The SMILES string of the molecule is Cc1nc(-c2cncc(F)c2)sc1N(C)C(=O)OC(C)C(C)C. The van der Waals surface area contributed by atoms with Crippen LogP contribution in [0.3, 0.4) is 0 Å². The number of carbonyl (C=O) groups is 1. The maximum absolute atomic E-state index is 13.3.